The van der Waals surface area contributed by atoms with Crippen molar-refractivity contribution in [1.29, 1.82) is 0 Å². The molecular weight excluding hydrogens is 420 g/mol. The molecule has 1 N–H and O–H groups in total. The van der Waals surface area contributed by atoms with Crippen LogP contribution < -0.4 is 5.32 Å². The van der Waals surface area contributed by atoms with Gasteiger partial charge in [-0.3, -0.25) is 14.9 Å². The largest absolute Gasteiger partial charge is 0.376 e. The Bertz CT molecular complexity index is 1290. The Morgan fingerprint density at radius 2 is 1.77 bits per heavy atom. The van der Waals surface area contributed by atoms with Gasteiger partial charge in [-0.15, -0.1) is 0 Å². The van der Waals surface area contributed by atoms with Gasteiger partial charge < -0.3 is 5.32 Å². The lowest BCUT2D eigenvalue weighted by atomic mass is 10.0. The van der Waals surface area contributed by atoms with Crippen LogP contribution in [-0.4, -0.2) is 34.1 Å². The molecule has 5 rings (SSSR count). The molecule has 2 aliphatic rings. The summed E-state index contributed by atoms with van der Waals surface area (Å²) < 4.78 is 27.2. The van der Waals surface area contributed by atoms with Gasteiger partial charge in [0.2, 0.25) is 0 Å². The number of nitrogens with zero attached hydrogens (tertiary/aromatic N) is 3. The molecule has 3 atom stereocenters. The number of hydrogen-bond acceptors (Lipinski definition) is 7. The van der Waals surface area contributed by atoms with Crippen LogP contribution in [0, 0.1) is 22.0 Å². The molecule has 0 spiro atoms. The van der Waals surface area contributed by atoms with Crippen LogP contribution in [0.4, 0.5) is 11.4 Å². The van der Waals surface area contributed by atoms with E-state index in [9.17, 15) is 23.3 Å². The summed E-state index contributed by atoms with van der Waals surface area (Å²) in [6, 6.07) is 9.49. The first kappa shape index (κ1) is 19.7. The normalized spacial score (nSPS) is 23.2. The average Bonchev–Trinajstić information content (AvgIpc) is 3.41. The summed E-state index contributed by atoms with van der Waals surface area (Å²) in [5.41, 5.74) is 0.203. The summed E-state index contributed by atoms with van der Waals surface area (Å²) in [4.78, 5) is 27.0. The third kappa shape index (κ3) is 3.27. The van der Waals surface area contributed by atoms with E-state index in [0.29, 0.717) is 30.1 Å². The number of benzene rings is 1. The van der Waals surface area contributed by atoms with E-state index in [-0.39, 0.29) is 33.7 Å². The molecule has 9 nitrogen and oxygen atoms in total. The van der Waals surface area contributed by atoms with Crippen molar-refractivity contribution in [2.45, 2.75) is 36.6 Å². The van der Waals surface area contributed by atoms with Gasteiger partial charge in [-0.1, -0.05) is 18.2 Å². The number of anilines is 1. The Hall–Kier alpha value is -3.27. The number of fused-ring (bicyclic) bond motifs is 2. The Balaban J connectivity index is 1.56. The number of nitro groups is 1. The molecule has 0 amide bonds. The topological polar surface area (TPSA) is 124 Å². The van der Waals surface area contributed by atoms with Gasteiger partial charge in [0.05, 0.1) is 15.2 Å². The molecule has 2 aromatic heterocycles. The van der Waals surface area contributed by atoms with Crippen molar-refractivity contribution < 1.29 is 18.1 Å². The number of rotatable bonds is 5. The van der Waals surface area contributed by atoms with Crippen molar-refractivity contribution in [3.05, 3.63) is 58.9 Å². The molecule has 160 valence electrons. The molecule has 3 aromatic rings. The molecule has 0 aliphatic heterocycles. The minimum atomic E-state index is -3.90. The van der Waals surface area contributed by atoms with Crippen LogP contribution in [0.2, 0.25) is 0 Å². The lowest BCUT2D eigenvalue weighted by Crippen LogP contribution is -2.18. The van der Waals surface area contributed by atoms with Gasteiger partial charge >= 0.3 is 5.69 Å². The number of pyridine rings is 1. The van der Waals surface area contributed by atoms with Crippen LogP contribution in [0.5, 0.6) is 0 Å². The maximum atomic E-state index is 13.1. The Morgan fingerprint density at radius 1 is 1.10 bits per heavy atom. The van der Waals surface area contributed by atoms with Crippen LogP contribution in [0.1, 0.15) is 25.7 Å². The van der Waals surface area contributed by atoms with Crippen LogP contribution in [0.15, 0.2) is 53.7 Å². The number of carbonyl (C=O) groups is 1. The van der Waals surface area contributed by atoms with Crippen molar-refractivity contribution in [3.63, 3.8) is 0 Å². The SMILES string of the molecule is O=C1C[C@@H]2C[C@@H](Nc3c([N+](=O)[O-])cnc4c3ccn4S(=O)(=O)c3ccccc3)C[C@@H]2C1. The van der Waals surface area contributed by atoms with Crippen molar-refractivity contribution in [1.82, 2.24) is 8.96 Å². The van der Waals surface area contributed by atoms with E-state index in [1.54, 1.807) is 18.2 Å². The third-order valence-electron chi connectivity index (χ3n) is 6.33. The van der Waals surface area contributed by atoms with E-state index < -0.39 is 14.9 Å². The molecule has 2 saturated carbocycles. The zero-order valence-electron chi connectivity index (χ0n) is 16.5. The van der Waals surface area contributed by atoms with E-state index in [0.717, 1.165) is 23.0 Å². The van der Waals surface area contributed by atoms with Gasteiger partial charge in [0.25, 0.3) is 10.0 Å². The van der Waals surface area contributed by atoms with Crippen LogP contribution in [0.3, 0.4) is 0 Å². The Labute approximate surface area is 178 Å². The summed E-state index contributed by atoms with van der Waals surface area (Å²) in [7, 11) is -3.90. The van der Waals surface area contributed by atoms with Gasteiger partial charge in [-0.05, 0) is 42.9 Å². The number of carbonyl (C=O) groups excluding carboxylic acids is 1. The fraction of sp³-hybridized carbons (Fsp3) is 0.333. The predicted octanol–water partition coefficient (Wildman–Crippen LogP) is 3.35. The van der Waals surface area contributed by atoms with E-state index in [1.165, 1.54) is 24.4 Å². The molecule has 0 unspecified atom stereocenters. The van der Waals surface area contributed by atoms with Crippen LogP contribution in [-0.2, 0) is 14.8 Å². The highest BCUT2D eigenvalue weighted by Crippen LogP contribution is 2.44. The van der Waals surface area contributed by atoms with Crippen molar-refractivity contribution in [2.75, 3.05) is 5.32 Å². The number of Topliss-reactive ketones (excluding diaryl/α,β-unsaturated/α-hetero) is 1. The second-order valence-corrected chi connectivity index (χ2v) is 10.0. The van der Waals surface area contributed by atoms with Gasteiger partial charge in [0.15, 0.2) is 5.65 Å². The third-order valence-corrected chi connectivity index (χ3v) is 8.01. The lowest BCUT2D eigenvalue weighted by molar-refractivity contribution is -0.384. The summed E-state index contributed by atoms with van der Waals surface area (Å²) >= 11 is 0. The zero-order chi connectivity index (χ0) is 21.8. The first-order valence-corrected chi connectivity index (χ1v) is 11.5. The van der Waals surface area contributed by atoms with Crippen LogP contribution >= 0.6 is 0 Å². The highest BCUT2D eigenvalue weighted by atomic mass is 32.2. The minimum Gasteiger partial charge on any atom is -0.376 e. The molecule has 0 bridgehead atoms. The molecule has 31 heavy (non-hydrogen) atoms. The van der Waals surface area contributed by atoms with E-state index in [2.05, 4.69) is 10.3 Å². The van der Waals surface area contributed by atoms with Crippen molar-refractivity contribution in [2.24, 2.45) is 11.8 Å². The highest BCUT2D eigenvalue weighted by Gasteiger charge is 2.41. The molecule has 1 aromatic carbocycles. The monoisotopic (exact) mass is 440 g/mol. The van der Waals surface area contributed by atoms with Gasteiger partial charge in [-0.2, -0.15) is 0 Å². The molecular formula is C21H20N4O5S. The van der Waals surface area contributed by atoms with Gasteiger partial charge in [0, 0.05) is 25.1 Å². The van der Waals surface area contributed by atoms with Crippen LogP contribution in [0.25, 0.3) is 11.0 Å². The molecule has 2 fully saturated rings. The van der Waals surface area contributed by atoms with Crippen molar-refractivity contribution in [3.8, 4) is 0 Å². The van der Waals surface area contributed by atoms with Crippen molar-refractivity contribution >= 4 is 38.2 Å². The highest BCUT2D eigenvalue weighted by molar-refractivity contribution is 7.90. The quantitative estimate of drug-likeness (QED) is 0.476. The molecule has 0 radical (unpaired) electrons. The van der Waals surface area contributed by atoms with E-state index >= 15 is 0 Å². The fourth-order valence-electron chi connectivity index (χ4n) is 4.94. The summed E-state index contributed by atoms with van der Waals surface area (Å²) in [6.45, 7) is 0. The van der Waals surface area contributed by atoms with E-state index in [1.807, 2.05) is 0 Å². The lowest BCUT2D eigenvalue weighted by Gasteiger charge is -2.16. The molecule has 10 heteroatoms. The first-order chi connectivity index (χ1) is 14.8. The fourth-order valence-corrected chi connectivity index (χ4v) is 6.27. The zero-order valence-corrected chi connectivity index (χ0v) is 17.3. The maximum Gasteiger partial charge on any atom is 0.311 e. The smallest absolute Gasteiger partial charge is 0.311 e. The second-order valence-electron chi connectivity index (χ2n) is 8.22. The first-order valence-electron chi connectivity index (χ1n) is 10.1. The maximum absolute atomic E-state index is 13.1. The second kappa shape index (κ2) is 7.16. The van der Waals surface area contributed by atoms with Gasteiger partial charge in [0.1, 0.15) is 17.7 Å². The molecule has 2 heterocycles. The summed E-state index contributed by atoms with van der Waals surface area (Å²) in [5.74, 6) is 0.905. The molecule has 2 aliphatic carbocycles. The Kier molecular flexibility index (Phi) is 4.54. The standard InChI is InChI=1S/C21H20N4O5S/c26-16-10-13-8-15(9-14(13)11-16)23-20-18-6-7-24(21(18)22-12-19(20)25(27)28)31(29,30)17-4-2-1-3-5-17/h1-7,12-15H,8-11H2,(H,22,23)/t13-,14+,15+. The number of aromatic nitrogens is 2. The number of hydrogen-bond donors (Lipinski definition) is 1. The summed E-state index contributed by atoms with van der Waals surface area (Å²) in [6.07, 6.45) is 5.14. The Morgan fingerprint density at radius 3 is 2.42 bits per heavy atom. The minimum absolute atomic E-state index is 0.0125. The average molecular weight is 440 g/mol. The summed E-state index contributed by atoms with van der Waals surface area (Å²) in [5, 5.41) is 15.3. The molecule has 0 saturated heterocycles. The van der Waals surface area contributed by atoms with Gasteiger partial charge in [-0.25, -0.2) is 17.4 Å². The van der Waals surface area contributed by atoms with E-state index in [4.69, 9.17) is 0 Å². The predicted molar refractivity (Wildman–Crippen MR) is 113 cm³/mol. The number of nitrogens with one attached hydrogen (secondary N) is 1. The number of ketones is 1.